The number of nitrogens with zero attached hydrogens (tertiary/aromatic N) is 2. The van der Waals surface area contributed by atoms with Crippen molar-refractivity contribution in [1.82, 2.24) is 31.5 Å². The molecule has 6 rings (SSSR count). The highest BCUT2D eigenvalue weighted by Crippen LogP contribution is 2.35. The van der Waals surface area contributed by atoms with Gasteiger partial charge in [-0.15, -0.1) is 0 Å². The Labute approximate surface area is 379 Å². The summed E-state index contributed by atoms with van der Waals surface area (Å²) in [6, 6.07) is 33.2. The molecule has 2 aliphatic heterocycles. The standard InChI is InChI=1S/C50H54N8O7/c51-23-27-65-28-25-54-47(62)42-21-24-53-44(59)19-20-46(61)58-26-6-22-50(34-58,31-36-7-2-1-3-8-36)49(64)57-43(48(63)55-33-41-10-5-4-9-40(41)30-45(60)56-42)29-35-11-15-38(16-12-35)39-17-13-37(32-52)14-18-39/h2,4-5,7-20,42-43H,6,21-31,33-34,51H2,(H,53,59)(H,54,62)(H,55,63)(H,56,60)(H,57,64)/b20-19+/t42-,43-,50-/m0/s1. The van der Waals surface area contributed by atoms with Gasteiger partial charge in [0.2, 0.25) is 35.4 Å². The van der Waals surface area contributed by atoms with Crippen LogP contribution in [-0.4, -0.2) is 98.4 Å². The molecule has 65 heavy (non-hydrogen) atoms. The molecule has 15 heteroatoms. The van der Waals surface area contributed by atoms with Gasteiger partial charge in [-0.25, -0.2) is 0 Å². The lowest BCUT2D eigenvalue weighted by Crippen LogP contribution is -2.58. The smallest absolute Gasteiger partial charge is 0.246 e. The molecule has 4 aromatic rings. The number of ether oxygens (including phenoxy) is 1. The highest BCUT2D eigenvalue weighted by atomic mass is 16.5. The third kappa shape index (κ3) is 13.6. The number of piperidine rings is 1. The maximum atomic E-state index is 14.9. The van der Waals surface area contributed by atoms with Gasteiger partial charge in [-0.05, 0) is 89.4 Å². The molecule has 0 spiro atoms. The van der Waals surface area contributed by atoms with Crippen LogP contribution in [0, 0.1) is 28.9 Å². The van der Waals surface area contributed by atoms with Crippen LogP contribution >= 0.6 is 0 Å². The van der Waals surface area contributed by atoms with E-state index in [1.54, 1.807) is 53.4 Å². The molecular weight excluding hydrogens is 825 g/mol. The second-order valence-electron chi connectivity index (χ2n) is 16.2. The third-order valence-corrected chi connectivity index (χ3v) is 11.5. The van der Waals surface area contributed by atoms with Crippen LogP contribution in [0.25, 0.3) is 11.1 Å². The van der Waals surface area contributed by atoms with Gasteiger partial charge >= 0.3 is 0 Å². The van der Waals surface area contributed by atoms with Crippen LogP contribution in [0.4, 0.5) is 0 Å². The van der Waals surface area contributed by atoms with Crippen molar-refractivity contribution >= 4 is 35.4 Å². The molecule has 336 valence electrons. The molecule has 0 aliphatic carbocycles. The molecule has 7 N–H and O–H groups in total. The van der Waals surface area contributed by atoms with E-state index in [-0.39, 0.29) is 58.5 Å². The second kappa shape index (κ2) is 23.4. The van der Waals surface area contributed by atoms with Gasteiger partial charge < -0.3 is 42.0 Å². The Hall–Kier alpha value is -7.33. The maximum Gasteiger partial charge on any atom is 0.246 e. The van der Waals surface area contributed by atoms with Crippen LogP contribution in [0.2, 0.25) is 0 Å². The number of benzene rings is 3. The SMILES string of the molecule is N#Cc1ccc(-c2ccc(C[C@@H]3NC(=O)[C@]4(Cc5cc#ccc5)CCCN(C4)C(=O)/C=C/C(=O)NCC[C@@H](C(=O)NCCOCCN)NC(=O)Cc4ccccc4CNC3=O)cc2)cc1. The van der Waals surface area contributed by atoms with E-state index < -0.39 is 52.9 Å². The van der Waals surface area contributed by atoms with Gasteiger partial charge in [0.25, 0.3) is 0 Å². The van der Waals surface area contributed by atoms with E-state index >= 15 is 0 Å². The van der Waals surface area contributed by atoms with Crippen molar-refractivity contribution < 1.29 is 33.5 Å². The van der Waals surface area contributed by atoms with Crippen molar-refractivity contribution in [3.63, 3.8) is 0 Å². The molecule has 0 radical (unpaired) electrons. The minimum absolute atomic E-state index is 0.00296. The Morgan fingerprint density at radius 1 is 0.892 bits per heavy atom. The van der Waals surface area contributed by atoms with Crippen LogP contribution in [0.3, 0.4) is 0 Å². The second-order valence-corrected chi connectivity index (χ2v) is 16.2. The highest BCUT2D eigenvalue weighted by molar-refractivity contribution is 5.97. The highest BCUT2D eigenvalue weighted by Gasteiger charge is 2.44. The molecule has 0 aromatic heterocycles. The monoisotopic (exact) mass is 878 g/mol. The Morgan fingerprint density at radius 3 is 2.37 bits per heavy atom. The molecule has 1 fully saturated rings. The summed E-state index contributed by atoms with van der Waals surface area (Å²) >= 11 is 0. The fraction of sp³-hybridized carbons (Fsp3) is 0.340. The van der Waals surface area contributed by atoms with Crippen molar-refractivity contribution in [3.8, 4) is 17.2 Å². The zero-order valence-electron chi connectivity index (χ0n) is 36.2. The van der Waals surface area contributed by atoms with E-state index in [2.05, 4.69) is 44.8 Å². The summed E-state index contributed by atoms with van der Waals surface area (Å²) in [5.74, 6) is -2.84. The van der Waals surface area contributed by atoms with E-state index in [9.17, 15) is 34.0 Å². The van der Waals surface area contributed by atoms with E-state index in [4.69, 9.17) is 10.5 Å². The first-order valence-corrected chi connectivity index (χ1v) is 21.8. The molecule has 2 heterocycles. The van der Waals surface area contributed by atoms with Crippen molar-refractivity contribution in [3.05, 3.63) is 143 Å². The number of carbonyl (C=O) groups excluding carboxylic acids is 6. The van der Waals surface area contributed by atoms with Gasteiger partial charge in [0.15, 0.2) is 0 Å². The number of fused-ring (bicyclic) bond motifs is 3. The Bertz CT molecular complexity index is 2370. The third-order valence-electron chi connectivity index (χ3n) is 11.5. The summed E-state index contributed by atoms with van der Waals surface area (Å²) in [6.07, 6.45) is 3.47. The molecule has 3 atom stereocenters. The minimum atomic E-state index is -1.15. The topological polar surface area (TPSA) is 225 Å². The number of nitriles is 1. The average Bonchev–Trinajstić information content (AvgIpc) is 3.32. The molecule has 0 unspecified atom stereocenters. The first kappa shape index (κ1) is 47.2. The van der Waals surface area contributed by atoms with Crippen molar-refractivity contribution in [2.45, 2.75) is 57.2 Å². The molecule has 2 aliphatic rings. The molecule has 2 bridgehead atoms. The zero-order valence-corrected chi connectivity index (χ0v) is 36.2. The van der Waals surface area contributed by atoms with Crippen LogP contribution in [-0.2, 0) is 59.3 Å². The van der Waals surface area contributed by atoms with Crippen LogP contribution in [0.5, 0.6) is 0 Å². The Balaban J connectivity index is 1.30. The number of nitrogens with two attached hydrogens (primary N) is 1. The molecule has 15 nitrogen and oxygen atoms in total. The van der Waals surface area contributed by atoms with Crippen molar-refractivity contribution in [2.75, 3.05) is 45.9 Å². The largest absolute Gasteiger partial charge is 0.378 e. The van der Waals surface area contributed by atoms with Crippen LogP contribution < -0.4 is 32.3 Å². The van der Waals surface area contributed by atoms with Gasteiger partial charge in [0.1, 0.15) is 12.1 Å². The zero-order chi connectivity index (χ0) is 46.0. The predicted octanol–water partition coefficient (Wildman–Crippen LogP) is 2.22. The molecule has 0 saturated carbocycles. The maximum absolute atomic E-state index is 14.9. The quantitative estimate of drug-likeness (QED) is 0.121. The molecular formula is C50H54N8O7. The summed E-state index contributed by atoms with van der Waals surface area (Å²) < 4.78 is 5.36. The van der Waals surface area contributed by atoms with Gasteiger partial charge in [-0.3, -0.25) is 28.8 Å². The average molecular weight is 879 g/mol. The summed E-state index contributed by atoms with van der Waals surface area (Å²) in [4.78, 5) is 84.4. The first-order valence-electron chi connectivity index (χ1n) is 21.8. The normalized spacial score (nSPS) is 20.4. The first-order chi connectivity index (χ1) is 31.6. The summed E-state index contributed by atoms with van der Waals surface area (Å²) in [5, 5.41) is 23.6. The number of amides is 6. The minimum Gasteiger partial charge on any atom is -0.378 e. The van der Waals surface area contributed by atoms with Gasteiger partial charge in [0.05, 0.1) is 36.7 Å². The van der Waals surface area contributed by atoms with Gasteiger partial charge in [-0.1, -0.05) is 72.8 Å². The van der Waals surface area contributed by atoms with Crippen LogP contribution in [0.15, 0.2) is 103 Å². The molecule has 4 aromatic carbocycles. The van der Waals surface area contributed by atoms with E-state index in [0.717, 1.165) is 34.4 Å². The number of carbonyl (C=O) groups is 6. The van der Waals surface area contributed by atoms with Crippen molar-refractivity contribution in [1.29, 1.82) is 5.26 Å². The summed E-state index contributed by atoms with van der Waals surface area (Å²) in [7, 11) is 0. The lowest BCUT2D eigenvalue weighted by molar-refractivity contribution is -0.141. The van der Waals surface area contributed by atoms with Crippen molar-refractivity contribution in [2.24, 2.45) is 11.1 Å². The van der Waals surface area contributed by atoms with Gasteiger partial charge in [-0.2, -0.15) is 5.26 Å². The summed E-state index contributed by atoms with van der Waals surface area (Å²) in [5.41, 5.74) is 9.54. The lowest BCUT2D eigenvalue weighted by Gasteiger charge is -2.42. The Kier molecular flexibility index (Phi) is 17.0. The van der Waals surface area contributed by atoms with E-state index in [0.29, 0.717) is 49.2 Å². The Morgan fingerprint density at radius 2 is 1.65 bits per heavy atom. The molecule has 6 amide bonds. The number of nitrogens with one attached hydrogen (secondary N) is 5. The molecule has 1 saturated heterocycles. The van der Waals surface area contributed by atoms with E-state index in [1.165, 1.54) is 0 Å². The van der Waals surface area contributed by atoms with Crippen LogP contribution in [0.1, 0.15) is 47.1 Å². The number of hydrogen-bond acceptors (Lipinski definition) is 9. The summed E-state index contributed by atoms with van der Waals surface area (Å²) in [6.45, 7) is 1.45. The fourth-order valence-electron chi connectivity index (χ4n) is 8.04. The number of hydrogen-bond donors (Lipinski definition) is 6. The van der Waals surface area contributed by atoms with Gasteiger partial charge in [0, 0.05) is 57.8 Å². The fourth-order valence-corrected chi connectivity index (χ4v) is 8.04. The van der Waals surface area contributed by atoms with E-state index in [1.807, 2.05) is 42.5 Å². The lowest BCUT2D eigenvalue weighted by atomic mass is 9.74. The predicted molar refractivity (Wildman–Crippen MR) is 242 cm³/mol. The number of rotatable bonds is 11.